The monoisotopic (exact) mass is 265 g/mol. The summed E-state index contributed by atoms with van der Waals surface area (Å²) in [5.74, 6) is 0.588. The van der Waals surface area contributed by atoms with E-state index in [1.165, 1.54) is 0 Å². The lowest BCUT2D eigenvalue weighted by molar-refractivity contribution is -0.139. The van der Waals surface area contributed by atoms with Crippen molar-refractivity contribution in [3.05, 3.63) is 23.3 Å². The topological polar surface area (TPSA) is 67.8 Å². The Labute approximate surface area is 112 Å². The van der Waals surface area contributed by atoms with E-state index >= 15 is 0 Å². The fourth-order valence-corrected chi connectivity index (χ4v) is 2.24. The van der Waals surface area contributed by atoms with E-state index in [9.17, 15) is 4.79 Å². The number of aliphatic carboxylic acids is 1. The van der Waals surface area contributed by atoms with Crippen molar-refractivity contribution in [2.24, 2.45) is 0 Å². The first-order valence-corrected chi connectivity index (χ1v) is 6.53. The zero-order valence-electron chi connectivity index (χ0n) is 11.2. The van der Waals surface area contributed by atoms with E-state index in [1.807, 2.05) is 26.0 Å². The third-order valence-electron chi connectivity index (χ3n) is 3.13. The summed E-state index contributed by atoms with van der Waals surface area (Å²) in [4.78, 5) is 11.0. The molecule has 0 radical (unpaired) electrons. The van der Waals surface area contributed by atoms with Gasteiger partial charge in [-0.1, -0.05) is 0 Å². The van der Waals surface area contributed by atoms with Crippen molar-refractivity contribution in [3.8, 4) is 11.5 Å². The Morgan fingerprint density at radius 1 is 1.26 bits per heavy atom. The largest absolute Gasteiger partial charge is 0.490 e. The molecule has 2 N–H and O–H groups in total. The molecule has 2 rings (SSSR count). The molecule has 1 aliphatic heterocycles. The standard InChI is InChI=1S/C14H19NO4/c1-3-18-12-6-9-5-11(14(16)17)15-8-10(9)7-13(12)19-4-2/h6-7,11,15H,3-5,8H2,1-2H3,(H,16,17)/t11-/m0/s1. The predicted molar refractivity (Wildman–Crippen MR) is 70.7 cm³/mol. The number of hydrogen-bond donors (Lipinski definition) is 2. The molecule has 1 aromatic carbocycles. The number of hydrogen-bond acceptors (Lipinski definition) is 4. The van der Waals surface area contributed by atoms with Crippen LogP contribution < -0.4 is 14.8 Å². The van der Waals surface area contributed by atoms with Gasteiger partial charge in [0.15, 0.2) is 11.5 Å². The molecule has 0 unspecified atom stereocenters. The summed E-state index contributed by atoms with van der Waals surface area (Å²) < 4.78 is 11.1. The van der Waals surface area contributed by atoms with Gasteiger partial charge < -0.3 is 19.9 Å². The second kappa shape index (κ2) is 5.93. The molecule has 5 nitrogen and oxygen atoms in total. The van der Waals surface area contributed by atoms with Crippen LogP contribution in [-0.2, 0) is 17.8 Å². The van der Waals surface area contributed by atoms with Gasteiger partial charge in [0.25, 0.3) is 0 Å². The van der Waals surface area contributed by atoms with Crippen molar-refractivity contribution in [2.75, 3.05) is 13.2 Å². The lowest BCUT2D eigenvalue weighted by atomic mass is 9.95. The molecule has 1 heterocycles. The van der Waals surface area contributed by atoms with Crippen LogP contribution in [0.3, 0.4) is 0 Å². The molecule has 0 saturated carbocycles. The first-order chi connectivity index (χ1) is 9.15. The molecule has 0 spiro atoms. The molecular weight excluding hydrogens is 246 g/mol. The fourth-order valence-electron chi connectivity index (χ4n) is 2.24. The quantitative estimate of drug-likeness (QED) is 0.846. The number of fused-ring (bicyclic) bond motifs is 1. The van der Waals surface area contributed by atoms with Gasteiger partial charge in [0.1, 0.15) is 6.04 Å². The minimum atomic E-state index is -0.822. The Hall–Kier alpha value is -1.75. The first-order valence-electron chi connectivity index (χ1n) is 6.53. The normalized spacial score (nSPS) is 17.7. The molecule has 0 saturated heterocycles. The molecule has 0 aromatic heterocycles. The molecule has 0 fully saturated rings. The zero-order valence-corrected chi connectivity index (χ0v) is 11.2. The summed E-state index contributed by atoms with van der Waals surface area (Å²) in [7, 11) is 0. The van der Waals surface area contributed by atoms with Gasteiger partial charge >= 0.3 is 5.97 Å². The molecule has 104 valence electrons. The smallest absolute Gasteiger partial charge is 0.321 e. The zero-order chi connectivity index (χ0) is 13.8. The van der Waals surface area contributed by atoms with Crippen LogP contribution in [0.2, 0.25) is 0 Å². The third-order valence-corrected chi connectivity index (χ3v) is 3.13. The minimum Gasteiger partial charge on any atom is -0.490 e. The van der Waals surface area contributed by atoms with Crippen LogP contribution >= 0.6 is 0 Å². The second-order valence-electron chi connectivity index (χ2n) is 4.41. The van der Waals surface area contributed by atoms with Gasteiger partial charge in [-0.25, -0.2) is 0 Å². The van der Waals surface area contributed by atoms with E-state index in [0.717, 1.165) is 16.9 Å². The summed E-state index contributed by atoms with van der Waals surface area (Å²) in [6.45, 7) is 5.51. The van der Waals surface area contributed by atoms with Crippen molar-refractivity contribution in [1.29, 1.82) is 0 Å². The average Bonchev–Trinajstić information content (AvgIpc) is 2.39. The van der Waals surface area contributed by atoms with Gasteiger partial charge in [0.05, 0.1) is 13.2 Å². The number of nitrogens with one attached hydrogen (secondary N) is 1. The number of carboxylic acid groups (broad SMARTS) is 1. The molecular formula is C14H19NO4. The number of benzene rings is 1. The van der Waals surface area contributed by atoms with Gasteiger partial charge in [0, 0.05) is 6.54 Å². The highest BCUT2D eigenvalue weighted by Gasteiger charge is 2.25. The van der Waals surface area contributed by atoms with Crippen molar-refractivity contribution in [1.82, 2.24) is 5.32 Å². The Kier molecular flexibility index (Phi) is 4.27. The van der Waals surface area contributed by atoms with Crippen LogP contribution in [0.4, 0.5) is 0 Å². The number of carboxylic acids is 1. The highest BCUT2D eigenvalue weighted by atomic mass is 16.5. The summed E-state index contributed by atoms with van der Waals surface area (Å²) in [6.07, 6.45) is 0.469. The van der Waals surface area contributed by atoms with E-state index < -0.39 is 12.0 Å². The second-order valence-corrected chi connectivity index (χ2v) is 4.41. The average molecular weight is 265 g/mol. The first kappa shape index (κ1) is 13.7. The summed E-state index contributed by atoms with van der Waals surface area (Å²) in [5, 5.41) is 12.1. The lowest BCUT2D eigenvalue weighted by Gasteiger charge is -2.24. The van der Waals surface area contributed by atoms with Crippen LogP contribution in [0.25, 0.3) is 0 Å². The van der Waals surface area contributed by atoms with Crippen molar-refractivity contribution in [2.45, 2.75) is 32.9 Å². The van der Waals surface area contributed by atoms with Gasteiger partial charge in [-0.05, 0) is 43.5 Å². The Balaban J connectivity index is 2.31. The number of ether oxygens (including phenoxy) is 2. The van der Waals surface area contributed by atoms with E-state index in [1.54, 1.807) is 0 Å². The van der Waals surface area contributed by atoms with Crippen molar-refractivity contribution >= 4 is 5.97 Å². The van der Waals surface area contributed by atoms with Crippen LogP contribution in [-0.4, -0.2) is 30.3 Å². The third kappa shape index (κ3) is 2.98. The maximum Gasteiger partial charge on any atom is 0.321 e. The van der Waals surface area contributed by atoms with Crippen molar-refractivity contribution < 1.29 is 19.4 Å². The maximum atomic E-state index is 11.0. The molecule has 0 aliphatic carbocycles. The molecule has 0 bridgehead atoms. The molecule has 1 atom stereocenters. The Bertz CT molecular complexity index is 473. The van der Waals surface area contributed by atoms with Crippen LogP contribution in [0, 0.1) is 0 Å². The molecule has 5 heteroatoms. The van der Waals surface area contributed by atoms with Gasteiger partial charge in [0.2, 0.25) is 0 Å². The van der Waals surface area contributed by atoms with E-state index in [-0.39, 0.29) is 0 Å². The Morgan fingerprint density at radius 2 is 1.84 bits per heavy atom. The summed E-state index contributed by atoms with van der Waals surface area (Å²) >= 11 is 0. The SMILES string of the molecule is CCOc1cc2c(cc1OCC)C[C@@H](C(=O)O)NC2. The molecule has 0 amide bonds. The molecule has 1 aliphatic rings. The lowest BCUT2D eigenvalue weighted by Crippen LogP contribution is -2.41. The maximum absolute atomic E-state index is 11.0. The van der Waals surface area contributed by atoms with Crippen molar-refractivity contribution in [3.63, 3.8) is 0 Å². The molecule has 19 heavy (non-hydrogen) atoms. The highest BCUT2D eigenvalue weighted by Crippen LogP contribution is 2.33. The summed E-state index contributed by atoms with van der Waals surface area (Å²) in [5.41, 5.74) is 2.09. The van der Waals surface area contributed by atoms with Crippen LogP contribution in [0.15, 0.2) is 12.1 Å². The van der Waals surface area contributed by atoms with Gasteiger partial charge in [-0.15, -0.1) is 0 Å². The van der Waals surface area contributed by atoms with E-state index in [2.05, 4.69) is 5.32 Å². The van der Waals surface area contributed by atoms with E-state index in [4.69, 9.17) is 14.6 Å². The van der Waals surface area contributed by atoms with Crippen LogP contribution in [0.1, 0.15) is 25.0 Å². The molecule has 1 aromatic rings. The fraction of sp³-hybridized carbons (Fsp3) is 0.500. The van der Waals surface area contributed by atoms with Gasteiger partial charge in [-0.2, -0.15) is 0 Å². The van der Waals surface area contributed by atoms with Crippen LogP contribution in [0.5, 0.6) is 11.5 Å². The minimum absolute atomic E-state index is 0.469. The predicted octanol–water partition coefficient (Wildman–Crippen LogP) is 1.58. The van der Waals surface area contributed by atoms with Gasteiger partial charge in [-0.3, -0.25) is 4.79 Å². The van der Waals surface area contributed by atoms with E-state index in [0.29, 0.717) is 31.9 Å². The number of rotatable bonds is 5. The Morgan fingerprint density at radius 3 is 2.37 bits per heavy atom. The highest BCUT2D eigenvalue weighted by molar-refractivity contribution is 5.74. The number of carbonyl (C=O) groups is 1. The summed E-state index contributed by atoms with van der Waals surface area (Å²) in [6, 6.07) is 3.31.